The lowest BCUT2D eigenvalue weighted by atomic mass is 9.69. The molecular formula is C11H21NO4S. The van der Waals surface area contributed by atoms with Crippen molar-refractivity contribution in [2.45, 2.75) is 24.9 Å². The third-order valence-electron chi connectivity index (χ3n) is 4.31. The highest BCUT2D eigenvalue weighted by atomic mass is 32.2. The van der Waals surface area contributed by atoms with E-state index in [-0.39, 0.29) is 30.6 Å². The summed E-state index contributed by atoms with van der Waals surface area (Å²) in [6.07, 6.45) is 2.31. The fourth-order valence-corrected chi connectivity index (χ4v) is 5.28. The van der Waals surface area contributed by atoms with Crippen LogP contribution in [0.5, 0.6) is 0 Å². The number of methoxy groups -OCH3 is 1. The fourth-order valence-electron chi connectivity index (χ4n) is 3.08. The van der Waals surface area contributed by atoms with Crippen molar-refractivity contribution in [2.24, 2.45) is 17.1 Å². The molecule has 17 heavy (non-hydrogen) atoms. The summed E-state index contributed by atoms with van der Waals surface area (Å²) in [4.78, 5) is 0. The highest BCUT2D eigenvalue weighted by Gasteiger charge is 2.61. The zero-order chi connectivity index (χ0) is 12.7. The molecule has 100 valence electrons. The van der Waals surface area contributed by atoms with E-state index in [9.17, 15) is 13.5 Å². The molecule has 3 N–H and O–H groups in total. The normalized spacial score (nSPS) is 35.7. The zero-order valence-corrected chi connectivity index (χ0v) is 11.0. The molecule has 0 aromatic heterocycles. The molecule has 0 spiro atoms. The molecule has 0 aromatic rings. The zero-order valence-electron chi connectivity index (χ0n) is 10.2. The molecule has 0 aromatic carbocycles. The van der Waals surface area contributed by atoms with Crippen LogP contribution in [0.4, 0.5) is 0 Å². The maximum Gasteiger partial charge on any atom is 0.151 e. The van der Waals surface area contributed by atoms with E-state index >= 15 is 0 Å². The number of hydrogen-bond acceptors (Lipinski definition) is 5. The van der Waals surface area contributed by atoms with Crippen LogP contribution in [0.25, 0.3) is 0 Å². The van der Waals surface area contributed by atoms with Crippen molar-refractivity contribution in [2.75, 3.05) is 31.8 Å². The van der Waals surface area contributed by atoms with Crippen LogP contribution >= 0.6 is 0 Å². The van der Waals surface area contributed by atoms with E-state index in [1.807, 2.05) is 0 Å². The van der Waals surface area contributed by atoms with E-state index in [4.69, 9.17) is 10.5 Å². The monoisotopic (exact) mass is 263 g/mol. The molecular weight excluding hydrogens is 242 g/mol. The molecule has 2 rings (SSSR count). The molecule has 0 amide bonds. The summed E-state index contributed by atoms with van der Waals surface area (Å²) in [5.41, 5.74) is 3.99. The lowest BCUT2D eigenvalue weighted by Crippen LogP contribution is -2.57. The summed E-state index contributed by atoms with van der Waals surface area (Å²) in [5, 5.41) is 10.9. The second-order valence-corrected chi connectivity index (χ2v) is 7.64. The van der Waals surface area contributed by atoms with Crippen LogP contribution in [0.3, 0.4) is 0 Å². The molecule has 2 unspecified atom stereocenters. The van der Waals surface area contributed by atoms with Gasteiger partial charge in [0.05, 0.1) is 23.7 Å². The Morgan fingerprint density at radius 2 is 2.18 bits per heavy atom. The lowest BCUT2D eigenvalue weighted by molar-refractivity contribution is -0.127. The van der Waals surface area contributed by atoms with Crippen LogP contribution in [0.2, 0.25) is 0 Å². The largest absolute Gasteiger partial charge is 0.387 e. The minimum absolute atomic E-state index is 0.00708. The van der Waals surface area contributed by atoms with Crippen LogP contribution in [0.1, 0.15) is 19.3 Å². The van der Waals surface area contributed by atoms with E-state index in [0.29, 0.717) is 6.42 Å². The Bertz CT molecular complexity index is 392. The summed E-state index contributed by atoms with van der Waals surface area (Å²) in [6.45, 7) is 0.368. The van der Waals surface area contributed by atoms with Gasteiger partial charge in [-0.15, -0.1) is 0 Å². The first-order chi connectivity index (χ1) is 7.89. The Morgan fingerprint density at radius 1 is 1.53 bits per heavy atom. The van der Waals surface area contributed by atoms with Gasteiger partial charge < -0.3 is 15.6 Å². The van der Waals surface area contributed by atoms with Gasteiger partial charge in [-0.1, -0.05) is 0 Å². The molecule has 1 aliphatic carbocycles. The predicted octanol–water partition coefficient (Wildman–Crippen LogP) is -0.462. The van der Waals surface area contributed by atoms with Crippen LogP contribution in [-0.2, 0) is 14.6 Å². The van der Waals surface area contributed by atoms with Crippen molar-refractivity contribution in [3.8, 4) is 0 Å². The number of nitrogens with two attached hydrogens (primary N) is 1. The first kappa shape index (κ1) is 13.3. The number of rotatable bonds is 5. The average molecular weight is 263 g/mol. The van der Waals surface area contributed by atoms with Crippen molar-refractivity contribution in [1.82, 2.24) is 0 Å². The van der Waals surface area contributed by atoms with Gasteiger partial charge in [0, 0.05) is 19.1 Å². The Kier molecular flexibility index (Phi) is 3.27. The third-order valence-corrected chi connectivity index (χ3v) is 6.13. The molecule has 1 saturated carbocycles. The molecule has 1 saturated heterocycles. The van der Waals surface area contributed by atoms with Crippen LogP contribution in [0, 0.1) is 11.3 Å². The Hall–Kier alpha value is -0.170. The van der Waals surface area contributed by atoms with Gasteiger partial charge in [0.1, 0.15) is 0 Å². The van der Waals surface area contributed by atoms with Gasteiger partial charge in [0.2, 0.25) is 0 Å². The first-order valence-corrected chi connectivity index (χ1v) is 7.83. The Morgan fingerprint density at radius 3 is 2.53 bits per heavy atom. The van der Waals surface area contributed by atoms with Crippen molar-refractivity contribution >= 4 is 9.84 Å². The molecule has 0 radical (unpaired) electrons. The van der Waals surface area contributed by atoms with E-state index in [0.717, 1.165) is 12.8 Å². The average Bonchev–Trinajstić information content (AvgIpc) is 3.04. The van der Waals surface area contributed by atoms with Gasteiger partial charge in [-0.05, 0) is 25.2 Å². The van der Waals surface area contributed by atoms with Gasteiger partial charge in [0.15, 0.2) is 9.84 Å². The second kappa shape index (κ2) is 4.19. The van der Waals surface area contributed by atoms with Crippen LogP contribution in [0.15, 0.2) is 0 Å². The van der Waals surface area contributed by atoms with Crippen molar-refractivity contribution < 1.29 is 18.3 Å². The summed E-state index contributed by atoms with van der Waals surface area (Å²) < 4.78 is 28.5. The molecule has 1 aliphatic heterocycles. The first-order valence-electron chi connectivity index (χ1n) is 6.01. The summed E-state index contributed by atoms with van der Waals surface area (Å²) in [5.74, 6) is 0.259. The standard InChI is InChI=1S/C11H21NO4S/c1-16-7-11(13,9-2-3-9)10(6-12)4-5-17(14,15)8-10/h9,13H,2-8,12H2,1H3. The number of sulfone groups is 1. The molecule has 2 fully saturated rings. The highest BCUT2D eigenvalue weighted by Crippen LogP contribution is 2.53. The maximum atomic E-state index is 11.7. The minimum Gasteiger partial charge on any atom is -0.387 e. The topological polar surface area (TPSA) is 89.6 Å². The lowest BCUT2D eigenvalue weighted by Gasteiger charge is -2.43. The minimum atomic E-state index is -3.07. The molecule has 1 heterocycles. The van der Waals surface area contributed by atoms with E-state index < -0.39 is 20.9 Å². The van der Waals surface area contributed by atoms with Gasteiger partial charge in [-0.25, -0.2) is 8.42 Å². The molecule has 0 bridgehead atoms. The van der Waals surface area contributed by atoms with E-state index in [2.05, 4.69) is 0 Å². The van der Waals surface area contributed by atoms with Crippen molar-refractivity contribution in [3.63, 3.8) is 0 Å². The smallest absolute Gasteiger partial charge is 0.151 e. The molecule has 2 aliphatic rings. The van der Waals surface area contributed by atoms with Crippen LogP contribution < -0.4 is 5.73 Å². The van der Waals surface area contributed by atoms with Gasteiger partial charge in [-0.3, -0.25) is 0 Å². The second-order valence-electron chi connectivity index (χ2n) is 5.46. The van der Waals surface area contributed by atoms with Crippen LogP contribution in [-0.4, -0.2) is 50.9 Å². The highest BCUT2D eigenvalue weighted by molar-refractivity contribution is 7.91. The summed E-state index contributed by atoms with van der Waals surface area (Å²) in [6, 6.07) is 0. The Labute approximate surface area is 102 Å². The van der Waals surface area contributed by atoms with Crippen molar-refractivity contribution in [1.29, 1.82) is 0 Å². The van der Waals surface area contributed by atoms with E-state index in [1.165, 1.54) is 7.11 Å². The molecule has 5 nitrogen and oxygen atoms in total. The Balaban J connectivity index is 2.32. The van der Waals surface area contributed by atoms with E-state index in [1.54, 1.807) is 0 Å². The maximum absolute atomic E-state index is 11.7. The molecule has 2 atom stereocenters. The summed E-state index contributed by atoms with van der Waals surface area (Å²) in [7, 11) is -1.54. The van der Waals surface area contributed by atoms with Gasteiger partial charge >= 0.3 is 0 Å². The number of hydrogen-bond donors (Lipinski definition) is 2. The number of ether oxygens (including phenoxy) is 1. The fraction of sp³-hybridized carbons (Fsp3) is 1.00. The molecule has 6 heteroatoms. The predicted molar refractivity (Wildman–Crippen MR) is 64.3 cm³/mol. The number of aliphatic hydroxyl groups is 1. The quantitative estimate of drug-likeness (QED) is 0.700. The van der Waals surface area contributed by atoms with Crippen molar-refractivity contribution in [3.05, 3.63) is 0 Å². The van der Waals surface area contributed by atoms with Gasteiger partial charge in [0.25, 0.3) is 0 Å². The summed E-state index contributed by atoms with van der Waals surface area (Å²) >= 11 is 0. The SMILES string of the molecule is COCC(O)(C1CC1)C1(CN)CCS(=O)(=O)C1. The third kappa shape index (κ3) is 2.12. The van der Waals surface area contributed by atoms with Gasteiger partial charge in [-0.2, -0.15) is 0 Å².